The second-order valence-corrected chi connectivity index (χ2v) is 6.10. The fourth-order valence-electron chi connectivity index (χ4n) is 2.73. The number of carbonyl (C=O) groups excluding carboxylic acids is 1. The lowest BCUT2D eigenvalue weighted by molar-refractivity contribution is 0.0946. The lowest BCUT2D eigenvalue weighted by Gasteiger charge is -2.11. The maximum absolute atomic E-state index is 12.4. The van der Waals surface area contributed by atoms with E-state index in [9.17, 15) is 4.79 Å². The Balaban J connectivity index is 1.69. The number of carbonyl (C=O) groups is 1. The molecule has 1 amide bonds. The molecule has 0 bridgehead atoms. The average Bonchev–Trinajstić information content (AvgIpc) is 2.67. The molecule has 0 aliphatic heterocycles. The van der Waals surface area contributed by atoms with E-state index in [1.165, 1.54) is 17.5 Å². The summed E-state index contributed by atoms with van der Waals surface area (Å²) in [6.45, 7) is 4.60. The molecular weight excluding hydrogens is 324 g/mol. The summed E-state index contributed by atoms with van der Waals surface area (Å²) in [5.41, 5.74) is 4.74. The topological polar surface area (TPSA) is 66.9 Å². The van der Waals surface area contributed by atoms with Crippen molar-refractivity contribution in [3.8, 4) is 0 Å². The molecule has 132 valence electrons. The van der Waals surface area contributed by atoms with Crippen LogP contribution in [0.1, 0.15) is 34.1 Å². The maximum atomic E-state index is 12.4. The third-order valence-corrected chi connectivity index (χ3v) is 4.10. The molecule has 0 saturated heterocycles. The van der Waals surface area contributed by atoms with Crippen molar-refractivity contribution < 1.29 is 4.79 Å². The Hall–Kier alpha value is -3.21. The van der Waals surface area contributed by atoms with Crippen LogP contribution in [0.25, 0.3) is 0 Å². The van der Waals surface area contributed by atoms with Gasteiger partial charge >= 0.3 is 0 Å². The highest BCUT2D eigenvalue weighted by molar-refractivity contribution is 5.92. The van der Waals surface area contributed by atoms with Crippen molar-refractivity contribution in [1.29, 1.82) is 0 Å². The molecule has 26 heavy (non-hydrogen) atoms. The Bertz CT molecular complexity index is 908. The minimum absolute atomic E-state index is 0.222. The first-order valence-corrected chi connectivity index (χ1v) is 8.66. The molecule has 3 aromatic rings. The lowest BCUT2D eigenvalue weighted by Crippen LogP contribution is -2.24. The van der Waals surface area contributed by atoms with Crippen LogP contribution < -0.4 is 10.6 Å². The SMILES string of the molecule is CCc1ccccc1Nc1cc(C(=O)NCc2cccc(C)c2)ncn1. The second-order valence-electron chi connectivity index (χ2n) is 6.10. The van der Waals surface area contributed by atoms with E-state index in [1.54, 1.807) is 6.07 Å². The van der Waals surface area contributed by atoms with Gasteiger partial charge in [-0.2, -0.15) is 0 Å². The van der Waals surface area contributed by atoms with Crippen molar-refractivity contribution in [2.24, 2.45) is 0 Å². The first kappa shape index (κ1) is 17.6. The minimum atomic E-state index is -0.222. The van der Waals surface area contributed by atoms with Crippen molar-refractivity contribution in [2.75, 3.05) is 5.32 Å². The molecule has 5 heteroatoms. The Kier molecular flexibility index (Phi) is 5.59. The minimum Gasteiger partial charge on any atom is -0.347 e. The van der Waals surface area contributed by atoms with Gasteiger partial charge in [0.25, 0.3) is 5.91 Å². The van der Waals surface area contributed by atoms with Crippen LogP contribution in [-0.4, -0.2) is 15.9 Å². The summed E-state index contributed by atoms with van der Waals surface area (Å²) in [5, 5.41) is 6.17. The number of hydrogen-bond donors (Lipinski definition) is 2. The predicted octanol–water partition coefficient (Wildman–Crippen LogP) is 4.02. The van der Waals surface area contributed by atoms with Gasteiger partial charge < -0.3 is 10.6 Å². The monoisotopic (exact) mass is 346 g/mol. The van der Waals surface area contributed by atoms with Gasteiger partial charge in [-0.15, -0.1) is 0 Å². The van der Waals surface area contributed by atoms with E-state index in [0.717, 1.165) is 17.7 Å². The van der Waals surface area contributed by atoms with Crippen molar-refractivity contribution in [2.45, 2.75) is 26.8 Å². The molecule has 2 N–H and O–H groups in total. The molecule has 5 nitrogen and oxygen atoms in total. The number of hydrogen-bond acceptors (Lipinski definition) is 4. The van der Waals surface area contributed by atoms with Crippen LogP contribution in [-0.2, 0) is 13.0 Å². The van der Waals surface area contributed by atoms with Crippen LogP contribution in [0.5, 0.6) is 0 Å². The third kappa shape index (κ3) is 4.45. The molecule has 0 radical (unpaired) electrons. The number of aromatic nitrogens is 2. The van der Waals surface area contributed by atoms with Gasteiger partial charge in [-0.05, 0) is 30.5 Å². The summed E-state index contributed by atoms with van der Waals surface area (Å²) in [4.78, 5) is 20.7. The Morgan fingerprint density at radius 2 is 1.88 bits per heavy atom. The molecule has 0 unspecified atom stereocenters. The fraction of sp³-hybridized carbons (Fsp3) is 0.190. The number of amides is 1. The summed E-state index contributed by atoms with van der Waals surface area (Å²) in [6.07, 6.45) is 2.32. The highest BCUT2D eigenvalue weighted by Gasteiger charge is 2.09. The van der Waals surface area contributed by atoms with Gasteiger partial charge in [-0.3, -0.25) is 4.79 Å². The molecule has 0 fully saturated rings. The molecule has 1 heterocycles. The number of para-hydroxylation sites is 1. The molecule has 0 aliphatic rings. The third-order valence-electron chi connectivity index (χ3n) is 4.10. The zero-order valence-corrected chi connectivity index (χ0v) is 15.0. The number of aryl methyl sites for hydroxylation is 2. The normalized spacial score (nSPS) is 10.4. The molecule has 0 aliphatic carbocycles. The summed E-state index contributed by atoms with van der Waals surface area (Å²) in [7, 11) is 0. The number of nitrogens with zero attached hydrogens (tertiary/aromatic N) is 2. The predicted molar refractivity (Wildman–Crippen MR) is 103 cm³/mol. The van der Waals surface area contributed by atoms with E-state index >= 15 is 0 Å². The van der Waals surface area contributed by atoms with E-state index in [2.05, 4.69) is 39.7 Å². The first-order chi connectivity index (χ1) is 12.7. The van der Waals surface area contributed by atoms with E-state index in [1.807, 2.05) is 43.3 Å². The van der Waals surface area contributed by atoms with Crippen LogP contribution in [0.3, 0.4) is 0 Å². The fourth-order valence-corrected chi connectivity index (χ4v) is 2.73. The zero-order valence-electron chi connectivity index (χ0n) is 15.0. The van der Waals surface area contributed by atoms with E-state index in [4.69, 9.17) is 0 Å². The molecule has 3 rings (SSSR count). The zero-order chi connectivity index (χ0) is 18.4. The van der Waals surface area contributed by atoms with Crippen LogP contribution in [0, 0.1) is 6.92 Å². The molecule has 0 spiro atoms. The Labute approximate surface area is 153 Å². The Morgan fingerprint density at radius 1 is 1.04 bits per heavy atom. The summed E-state index contributed by atoms with van der Waals surface area (Å²) in [5.74, 6) is 0.377. The van der Waals surface area contributed by atoms with Gasteiger partial charge in [-0.25, -0.2) is 9.97 Å². The second kappa shape index (κ2) is 8.25. The summed E-state index contributed by atoms with van der Waals surface area (Å²) >= 11 is 0. The van der Waals surface area contributed by atoms with Crippen molar-refractivity contribution in [3.05, 3.63) is 83.3 Å². The summed E-state index contributed by atoms with van der Waals surface area (Å²) < 4.78 is 0. The van der Waals surface area contributed by atoms with Crippen LogP contribution >= 0.6 is 0 Å². The largest absolute Gasteiger partial charge is 0.347 e. The first-order valence-electron chi connectivity index (χ1n) is 8.66. The van der Waals surface area contributed by atoms with E-state index < -0.39 is 0 Å². The highest BCUT2D eigenvalue weighted by atomic mass is 16.1. The van der Waals surface area contributed by atoms with Crippen molar-refractivity contribution in [1.82, 2.24) is 15.3 Å². The van der Waals surface area contributed by atoms with Gasteiger partial charge in [0.1, 0.15) is 17.8 Å². The van der Waals surface area contributed by atoms with E-state index in [0.29, 0.717) is 18.1 Å². The Morgan fingerprint density at radius 3 is 2.69 bits per heavy atom. The number of anilines is 2. The molecule has 0 saturated carbocycles. The number of rotatable bonds is 6. The molecule has 1 aromatic heterocycles. The van der Waals surface area contributed by atoms with Crippen LogP contribution in [0.4, 0.5) is 11.5 Å². The van der Waals surface area contributed by atoms with Crippen LogP contribution in [0.2, 0.25) is 0 Å². The van der Waals surface area contributed by atoms with E-state index in [-0.39, 0.29) is 5.91 Å². The van der Waals surface area contributed by atoms with Gasteiger partial charge in [0, 0.05) is 18.3 Å². The average molecular weight is 346 g/mol. The molecule has 0 atom stereocenters. The van der Waals surface area contributed by atoms with Crippen molar-refractivity contribution >= 4 is 17.4 Å². The smallest absolute Gasteiger partial charge is 0.270 e. The summed E-state index contributed by atoms with van der Waals surface area (Å²) in [6, 6.07) is 17.8. The van der Waals surface area contributed by atoms with Gasteiger partial charge in [0.2, 0.25) is 0 Å². The van der Waals surface area contributed by atoms with Gasteiger partial charge in [0.05, 0.1) is 0 Å². The number of benzene rings is 2. The maximum Gasteiger partial charge on any atom is 0.270 e. The molecular formula is C21H22N4O. The standard InChI is InChI=1S/C21H22N4O/c1-3-17-9-4-5-10-18(17)25-20-12-19(23-14-24-20)21(26)22-13-16-8-6-7-15(2)11-16/h4-12,14H,3,13H2,1-2H3,(H,22,26)(H,23,24,25). The highest BCUT2D eigenvalue weighted by Crippen LogP contribution is 2.20. The van der Waals surface area contributed by atoms with Crippen molar-refractivity contribution in [3.63, 3.8) is 0 Å². The quantitative estimate of drug-likeness (QED) is 0.707. The molecule has 2 aromatic carbocycles. The lowest BCUT2D eigenvalue weighted by atomic mass is 10.1. The number of nitrogens with one attached hydrogen (secondary N) is 2. The van der Waals surface area contributed by atoms with Gasteiger partial charge in [-0.1, -0.05) is 55.0 Å². The van der Waals surface area contributed by atoms with Gasteiger partial charge in [0.15, 0.2) is 0 Å². The van der Waals surface area contributed by atoms with Crippen LogP contribution in [0.15, 0.2) is 60.9 Å².